The molecule has 1 aliphatic heterocycles. The summed E-state index contributed by atoms with van der Waals surface area (Å²) in [6.07, 6.45) is 0.543. The lowest BCUT2D eigenvalue weighted by molar-refractivity contribution is 0.0789. The highest BCUT2D eigenvalue weighted by Crippen LogP contribution is 2.30. The van der Waals surface area contributed by atoms with Crippen molar-refractivity contribution in [1.29, 1.82) is 0 Å². The van der Waals surface area contributed by atoms with Crippen LogP contribution in [0, 0.1) is 12.7 Å². The van der Waals surface area contributed by atoms with E-state index in [1.807, 2.05) is 27.7 Å². The zero-order chi connectivity index (χ0) is 24.4. The normalized spacial score (nSPS) is 16.9. The molecule has 33 heavy (non-hydrogen) atoms. The summed E-state index contributed by atoms with van der Waals surface area (Å²) >= 11 is 0. The molecule has 0 spiro atoms. The second kappa shape index (κ2) is 12.4. The fourth-order valence-electron chi connectivity index (χ4n) is 3.52. The third-order valence-electron chi connectivity index (χ3n) is 5.20. The van der Waals surface area contributed by atoms with Gasteiger partial charge in [0.05, 0.1) is 24.3 Å². The fourth-order valence-corrected chi connectivity index (χ4v) is 3.52. The van der Waals surface area contributed by atoms with Crippen molar-refractivity contribution in [3.8, 4) is 5.75 Å². The molecule has 180 valence electrons. The minimum atomic E-state index is -0.786. The van der Waals surface area contributed by atoms with E-state index in [1.54, 1.807) is 43.3 Å². The molecule has 1 aromatic heterocycles. The average Bonchev–Trinajstić information content (AvgIpc) is 3.44. The van der Waals surface area contributed by atoms with Crippen molar-refractivity contribution in [3.05, 3.63) is 65.2 Å². The van der Waals surface area contributed by atoms with E-state index in [2.05, 4.69) is 5.32 Å². The van der Waals surface area contributed by atoms with Gasteiger partial charge in [0.1, 0.15) is 29.5 Å². The number of aliphatic hydroxyl groups excluding tert-OH is 1. The van der Waals surface area contributed by atoms with E-state index in [0.29, 0.717) is 46.6 Å². The number of hydrogen-bond donors (Lipinski definition) is 2. The van der Waals surface area contributed by atoms with Crippen LogP contribution in [-0.2, 0) is 11.3 Å². The SMILES string of the molecule is CC.CC.Cc1oc2ccc(OCc3ccccc3F)cc2c1C(=O)NC1(CO)CCOC1. The third kappa shape index (κ3) is 6.12. The Morgan fingerprint density at radius 2 is 1.91 bits per heavy atom. The molecule has 1 atom stereocenters. The second-order valence-corrected chi connectivity index (χ2v) is 7.27. The number of furan rings is 1. The van der Waals surface area contributed by atoms with Crippen LogP contribution in [0.3, 0.4) is 0 Å². The first-order chi connectivity index (χ1) is 16.0. The lowest BCUT2D eigenvalue weighted by atomic mass is 9.99. The highest BCUT2D eigenvalue weighted by molar-refractivity contribution is 6.07. The van der Waals surface area contributed by atoms with Gasteiger partial charge in [-0.25, -0.2) is 4.39 Å². The van der Waals surface area contributed by atoms with Crippen LogP contribution in [0.15, 0.2) is 46.9 Å². The van der Waals surface area contributed by atoms with Crippen molar-refractivity contribution in [3.63, 3.8) is 0 Å². The first-order valence-corrected chi connectivity index (χ1v) is 11.4. The number of amides is 1. The smallest absolute Gasteiger partial charge is 0.256 e. The first kappa shape index (κ1) is 26.4. The lowest BCUT2D eigenvalue weighted by Crippen LogP contribution is -2.52. The van der Waals surface area contributed by atoms with Crippen LogP contribution in [-0.4, -0.2) is 36.4 Å². The number of carbonyl (C=O) groups excluding carboxylic acids is 1. The molecule has 0 radical (unpaired) electrons. The van der Waals surface area contributed by atoms with Gasteiger partial charge in [0.2, 0.25) is 0 Å². The molecule has 1 aliphatic rings. The number of carbonyl (C=O) groups is 1. The van der Waals surface area contributed by atoms with Crippen LogP contribution in [0.5, 0.6) is 5.75 Å². The van der Waals surface area contributed by atoms with Crippen molar-refractivity contribution in [2.45, 2.75) is 53.2 Å². The van der Waals surface area contributed by atoms with Gasteiger partial charge in [-0.2, -0.15) is 0 Å². The molecule has 0 bridgehead atoms. The monoisotopic (exact) mass is 459 g/mol. The summed E-state index contributed by atoms with van der Waals surface area (Å²) < 4.78 is 30.6. The number of fused-ring (bicyclic) bond motifs is 1. The maximum Gasteiger partial charge on any atom is 0.256 e. The van der Waals surface area contributed by atoms with Crippen LogP contribution in [0.4, 0.5) is 4.39 Å². The molecular weight excluding hydrogens is 425 g/mol. The van der Waals surface area contributed by atoms with Crippen molar-refractivity contribution < 1.29 is 28.2 Å². The summed E-state index contributed by atoms with van der Waals surface area (Å²) in [6, 6.07) is 11.6. The summed E-state index contributed by atoms with van der Waals surface area (Å²) in [7, 11) is 0. The molecule has 6 nitrogen and oxygen atoms in total. The van der Waals surface area contributed by atoms with E-state index in [0.717, 1.165) is 0 Å². The Morgan fingerprint density at radius 3 is 2.55 bits per heavy atom. The van der Waals surface area contributed by atoms with Crippen molar-refractivity contribution in [2.24, 2.45) is 0 Å². The van der Waals surface area contributed by atoms with Crippen LogP contribution in [0.1, 0.15) is 55.8 Å². The lowest BCUT2D eigenvalue weighted by Gasteiger charge is -2.26. The van der Waals surface area contributed by atoms with Crippen molar-refractivity contribution in [1.82, 2.24) is 5.32 Å². The van der Waals surface area contributed by atoms with Gasteiger partial charge in [0, 0.05) is 17.6 Å². The molecule has 1 fully saturated rings. The van der Waals surface area contributed by atoms with Crippen LogP contribution >= 0.6 is 0 Å². The Labute approximate surface area is 194 Å². The van der Waals surface area contributed by atoms with Gasteiger partial charge in [0.15, 0.2) is 0 Å². The Hall–Kier alpha value is -2.90. The molecule has 1 amide bonds. The Kier molecular flexibility index (Phi) is 9.88. The van der Waals surface area contributed by atoms with E-state index in [9.17, 15) is 14.3 Å². The fraction of sp³-hybridized carbons (Fsp3) is 0.423. The maximum atomic E-state index is 13.8. The number of aryl methyl sites for hydroxylation is 1. The summed E-state index contributed by atoms with van der Waals surface area (Å²) in [5.74, 6) is 0.292. The molecule has 2 N–H and O–H groups in total. The summed E-state index contributed by atoms with van der Waals surface area (Å²) in [5, 5.41) is 13.2. The number of benzene rings is 2. The minimum Gasteiger partial charge on any atom is -0.489 e. The average molecular weight is 460 g/mol. The number of rotatable bonds is 6. The Bertz CT molecular complexity index is 1040. The molecule has 0 aliphatic carbocycles. The number of aliphatic hydroxyl groups is 1. The van der Waals surface area contributed by atoms with Gasteiger partial charge in [-0.15, -0.1) is 0 Å². The Morgan fingerprint density at radius 1 is 1.18 bits per heavy atom. The minimum absolute atomic E-state index is 0.0709. The quantitative estimate of drug-likeness (QED) is 0.516. The summed E-state index contributed by atoms with van der Waals surface area (Å²) in [6.45, 7) is 10.3. The third-order valence-corrected chi connectivity index (χ3v) is 5.20. The summed E-state index contributed by atoms with van der Waals surface area (Å²) in [4.78, 5) is 13.0. The molecule has 7 heteroatoms. The molecule has 3 aromatic rings. The van der Waals surface area contributed by atoms with E-state index in [4.69, 9.17) is 13.9 Å². The largest absolute Gasteiger partial charge is 0.489 e. The van der Waals surface area contributed by atoms with Gasteiger partial charge >= 0.3 is 0 Å². The van der Waals surface area contributed by atoms with Gasteiger partial charge in [-0.05, 0) is 37.6 Å². The molecule has 4 rings (SSSR count). The second-order valence-electron chi connectivity index (χ2n) is 7.27. The Balaban J connectivity index is 0.000000914. The molecule has 0 saturated carbocycles. The maximum absolute atomic E-state index is 13.8. The number of halogens is 1. The van der Waals surface area contributed by atoms with Crippen molar-refractivity contribution in [2.75, 3.05) is 19.8 Å². The highest BCUT2D eigenvalue weighted by atomic mass is 19.1. The topological polar surface area (TPSA) is 80.9 Å². The molecule has 2 aromatic carbocycles. The predicted octanol–water partition coefficient (Wildman–Crippen LogP) is 5.39. The van der Waals surface area contributed by atoms with E-state index >= 15 is 0 Å². The molecule has 1 unspecified atom stereocenters. The van der Waals surface area contributed by atoms with Crippen LogP contribution in [0.2, 0.25) is 0 Å². The van der Waals surface area contributed by atoms with Crippen LogP contribution in [0.25, 0.3) is 11.0 Å². The zero-order valence-corrected chi connectivity index (χ0v) is 20.0. The van der Waals surface area contributed by atoms with E-state index in [1.165, 1.54) is 6.07 Å². The van der Waals surface area contributed by atoms with E-state index < -0.39 is 5.54 Å². The first-order valence-electron chi connectivity index (χ1n) is 11.4. The van der Waals surface area contributed by atoms with Gasteiger partial charge in [0.25, 0.3) is 5.91 Å². The van der Waals surface area contributed by atoms with Gasteiger partial charge < -0.3 is 24.3 Å². The molecule has 2 heterocycles. The van der Waals surface area contributed by atoms with Crippen molar-refractivity contribution >= 4 is 16.9 Å². The number of hydrogen-bond acceptors (Lipinski definition) is 5. The molecular formula is C26H34FNO5. The van der Waals surface area contributed by atoms with Gasteiger partial charge in [-0.1, -0.05) is 45.9 Å². The zero-order valence-electron chi connectivity index (χ0n) is 20.0. The molecule has 1 saturated heterocycles. The van der Waals surface area contributed by atoms with Crippen LogP contribution < -0.4 is 10.1 Å². The highest BCUT2D eigenvalue weighted by Gasteiger charge is 2.37. The predicted molar refractivity (Wildman–Crippen MR) is 127 cm³/mol. The number of nitrogens with one attached hydrogen (secondary N) is 1. The summed E-state index contributed by atoms with van der Waals surface area (Å²) in [5.41, 5.74) is 0.592. The standard InChI is InChI=1S/C22H22FNO5.2C2H6/c1-14-20(21(26)24-22(12-25)8-9-27-13-22)17-10-16(6-7-19(17)29-14)28-11-15-4-2-3-5-18(15)23;2*1-2/h2-7,10,25H,8-9,11-13H2,1H3,(H,24,26);2*1-2H3. The van der Waals surface area contributed by atoms with Gasteiger partial charge in [-0.3, -0.25) is 4.79 Å². The van der Waals surface area contributed by atoms with E-state index in [-0.39, 0.29) is 31.5 Å². The number of ether oxygens (including phenoxy) is 2.